The third kappa shape index (κ3) is 3.98. The molecule has 0 radical (unpaired) electrons. The number of esters is 1. The van der Waals surface area contributed by atoms with Gasteiger partial charge in [-0.3, -0.25) is 0 Å². The van der Waals surface area contributed by atoms with Gasteiger partial charge in [0.05, 0.1) is 0 Å². The van der Waals surface area contributed by atoms with Crippen LogP contribution >= 0.6 is 0 Å². The van der Waals surface area contributed by atoms with Crippen molar-refractivity contribution in [2.75, 3.05) is 0 Å². The molecule has 0 aliphatic carbocycles. The van der Waals surface area contributed by atoms with Gasteiger partial charge in [-0.25, -0.2) is 4.79 Å². The van der Waals surface area contributed by atoms with Crippen molar-refractivity contribution < 1.29 is 9.53 Å². The molecule has 0 amide bonds. The number of para-hydroxylation sites is 1. The van der Waals surface area contributed by atoms with Crippen LogP contribution in [0.15, 0.2) is 42.0 Å². The third-order valence-electron chi connectivity index (χ3n) is 2.01. The molecule has 2 heteroatoms. The molecule has 0 fully saturated rings. The van der Waals surface area contributed by atoms with Crippen molar-refractivity contribution in [1.29, 1.82) is 0 Å². The molecule has 2 nitrogen and oxygen atoms in total. The molecular formula is C13H16O2. The van der Waals surface area contributed by atoms with E-state index in [-0.39, 0.29) is 5.97 Å². The number of unbranched alkanes of at least 4 members (excludes halogenated alkanes) is 1. The Morgan fingerprint density at radius 1 is 1.33 bits per heavy atom. The summed E-state index contributed by atoms with van der Waals surface area (Å²) in [6.07, 6.45) is 3.86. The van der Waals surface area contributed by atoms with E-state index in [1.165, 1.54) is 0 Å². The predicted molar refractivity (Wildman–Crippen MR) is 60.7 cm³/mol. The normalized spacial score (nSPS) is 11.2. The first-order valence-corrected chi connectivity index (χ1v) is 5.18. The minimum atomic E-state index is -0.269. The fourth-order valence-electron chi connectivity index (χ4n) is 1.12. The Morgan fingerprint density at radius 2 is 2.00 bits per heavy atom. The maximum atomic E-state index is 11.5. The number of hydrogen-bond acceptors (Lipinski definition) is 2. The summed E-state index contributed by atoms with van der Waals surface area (Å²) in [7, 11) is 0. The number of benzene rings is 1. The summed E-state index contributed by atoms with van der Waals surface area (Å²) < 4.78 is 5.17. The smallest absolute Gasteiger partial charge is 0.338 e. The molecule has 0 atom stereocenters. The van der Waals surface area contributed by atoms with E-state index in [1.54, 1.807) is 19.1 Å². The second-order valence-electron chi connectivity index (χ2n) is 3.38. The van der Waals surface area contributed by atoms with E-state index in [1.807, 2.05) is 24.3 Å². The topological polar surface area (TPSA) is 26.3 Å². The van der Waals surface area contributed by atoms with Crippen molar-refractivity contribution in [3.8, 4) is 5.75 Å². The van der Waals surface area contributed by atoms with Gasteiger partial charge in [-0.15, -0.1) is 0 Å². The van der Waals surface area contributed by atoms with E-state index in [0.29, 0.717) is 11.3 Å². The Balaban J connectivity index is 2.56. The molecule has 0 heterocycles. The monoisotopic (exact) mass is 204 g/mol. The van der Waals surface area contributed by atoms with Crippen molar-refractivity contribution in [3.05, 3.63) is 42.0 Å². The molecule has 0 aromatic heterocycles. The number of carbonyl (C=O) groups excluding carboxylic acids is 1. The molecule has 15 heavy (non-hydrogen) atoms. The molecule has 1 aromatic carbocycles. The highest BCUT2D eigenvalue weighted by Gasteiger charge is 2.05. The number of hydrogen-bond donors (Lipinski definition) is 0. The summed E-state index contributed by atoms with van der Waals surface area (Å²) in [4.78, 5) is 11.5. The Kier molecular flexibility index (Phi) is 4.61. The molecule has 0 unspecified atom stereocenters. The average molecular weight is 204 g/mol. The van der Waals surface area contributed by atoms with Gasteiger partial charge in [0.1, 0.15) is 5.75 Å². The first-order valence-electron chi connectivity index (χ1n) is 5.18. The Hall–Kier alpha value is -1.57. The summed E-state index contributed by atoms with van der Waals surface area (Å²) in [5, 5.41) is 0. The maximum Gasteiger partial charge on any atom is 0.338 e. The van der Waals surface area contributed by atoms with Gasteiger partial charge in [-0.05, 0) is 25.5 Å². The average Bonchev–Trinajstić information content (AvgIpc) is 2.27. The van der Waals surface area contributed by atoms with Gasteiger partial charge in [0.25, 0.3) is 0 Å². The van der Waals surface area contributed by atoms with E-state index in [0.717, 1.165) is 12.8 Å². The van der Waals surface area contributed by atoms with E-state index < -0.39 is 0 Å². The molecule has 0 saturated carbocycles. The standard InChI is InChI=1S/C13H16O2/c1-3-4-8-11(2)13(14)15-12-9-6-5-7-10-12/h5-10H,3-4H2,1-2H3. The van der Waals surface area contributed by atoms with Gasteiger partial charge >= 0.3 is 5.97 Å². The zero-order valence-electron chi connectivity index (χ0n) is 9.19. The molecule has 1 aromatic rings. The lowest BCUT2D eigenvalue weighted by atomic mass is 10.2. The zero-order chi connectivity index (χ0) is 11.1. The minimum Gasteiger partial charge on any atom is -0.423 e. The van der Waals surface area contributed by atoms with Crippen LogP contribution in [0.2, 0.25) is 0 Å². The Bertz CT molecular complexity index is 339. The van der Waals surface area contributed by atoms with Gasteiger partial charge in [0, 0.05) is 5.57 Å². The van der Waals surface area contributed by atoms with Crippen molar-refractivity contribution in [2.24, 2.45) is 0 Å². The summed E-state index contributed by atoms with van der Waals surface area (Å²) >= 11 is 0. The first-order chi connectivity index (χ1) is 7.24. The van der Waals surface area contributed by atoms with Crippen LogP contribution in [0.1, 0.15) is 26.7 Å². The lowest BCUT2D eigenvalue weighted by Crippen LogP contribution is -2.08. The number of allylic oxidation sites excluding steroid dienone is 1. The van der Waals surface area contributed by atoms with E-state index in [4.69, 9.17) is 4.74 Å². The van der Waals surface area contributed by atoms with Crippen LogP contribution in [0, 0.1) is 0 Å². The number of rotatable bonds is 4. The van der Waals surface area contributed by atoms with Gasteiger partial charge in [-0.2, -0.15) is 0 Å². The molecule has 0 aliphatic rings. The first kappa shape index (κ1) is 11.5. The highest BCUT2D eigenvalue weighted by Crippen LogP contribution is 2.11. The van der Waals surface area contributed by atoms with Crippen molar-refractivity contribution in [1.82, 2.24) is 0 Å². The number of ether oxygens (including phenoxy) is 1. The van der Waals surface area contributed by atoms with Crippen LogP contribution in [0.3, 0.4) is 0 Å². The van der Waals surface area contributed by atoms with Crippen molar-refractivity contribution >= 4 is 5.97 Å². The molecular weight excluding hydrogens is 188 g/mol. The molecule has 0 aliphatic heterocycles. The van der Waals surface area contributed by atoms with Crippen LogP contribution < -0.4 is 4.74 Å². The fourth-order valence-corrected chi connectivity index (χ4v) is 1.12. The lowest BCUT2D eigenvalue weighted by molar-refractivity contribution is -0.130. The van der Waals surface area contributed by atoms with Gasteiger partial charge in [-0.1, -0.05) is 37.6 Å². The molecule has 0 spiro atoms. The van der Waals surface area contributed by atoms with Gasteiger partial charge in [0.15, 0.2) is 0 Å². The maximum absolute atomic E-state index is 11.5. The summed E-state index contributed by atoms with van der Waals surface area (Å²) in [6, 6.07) is 9.11. The largest absolute Gasteiger partial charge is 0.423 e. The molecule has 0 bridgehead atoms. The summed E-state index contributed by atoms with van der Waals surface area (Å²) in [5.41, 5.74) is 0.667. The zero-order valence-corrected chi connectivity index (χ0v) is 9.19. The predicted octanol–water partition coefficient (Wildman–Crippen LogP) is 3.34. The van der Waals surface area contributed by atoms with Crippen molar-refractivity contribution in [2.45, 2.75) is 26.7 Å². The summed E-state index contributed by atoms with van der Waals surface area (Å²) in [5.74, 6) is 0.321. The number of carbonyl (C=O) groups is 1. The van der Waals surface area contributed by atoms with Gasteiger partial charge in [0.2, 0.25) is 0 Å². The van der Waals surface area contributed by atoms with Crippen LogP contribution in [-0.4, -0.2) is 5.97 Å². The highest BCUT2D eigenvalue weighted by atomic mass is 16.5. The van der Waals surface area contributed by atoms with E-state index in [2.05, 4.69) is 6.92 Å². The Labute approximate surface area is 90.6 Å². The van der Waals surface area contributed by atoms with Gasteiger partial charge < -0.3 is 4.74 Å². The van der Waals surface area contributed by atoms with Crippen LogP contribution in [0.4, 0.5) is 0 Å². The second-order valence-corrected chi connectivity index (χ2v) is 3.38. The molecule has 0 saturated heterocycles. The van der Waals surface area contributed by atoms with E-state index >= 15 is 0 Å². The second kappa shape index (κ2) is 6.02. The fraction of sp³-hybridized carbons (Fsp3) is 0.308. The Morgan fingerprint density at radius 3 is 2.60 bits per heavy atom. The lowest BCUT2D eigenvalue weighted by Gasteiger charge is -2.03. The summed E-state index contributed by atoms with van der Waals surface area (Å²) in [6.45, 7) is 3.85. The van der Waals surface area contributed by atoms with Crippen LogP contribution in [0.5, 0.6) is 5.75 Å². The quantitative estimate of drug-likeness (QED) is 0.427. The highest BCUT2D eigenvalue weighted by molar-refractivity contribution is 5.89. The molecule has 80 valence electrons. The molecule has 0 N–H and O–H groups in total. The van der Waals surface area contributed by atoms with Crippen molar-refractivity contribution in [3.63, 3.8) is 0 Å². The third-order valence-corrected chi connectivity index (χ3v) is 2.01. The minimum absolute atomic E-state index is 0.269. The van der Waals surface area contributed by atoms with E-state index in [9.17, 15) is 4.79 Å². The SMILES string of the molecule is CCCC=C(C)C(=O)Oc1ccccc1. The van der Waals surface area contributed by atoms with Crippen LogP contribution in [-0.2, 0) is 4.79 Å². The molecule has 1 rings (SSSR count). The van der Waals surface area contributed by atoms with Crippen LogP contribution in [0.25, 0.3) is 0 Å².